The summed E-state index contributed by atoms with van der Waals surface area (Å²) in [7, 11) is 1.52. The molecule has 0 aliphatic rings. The molecule has 152 valence electrons. The van der Waals surface area contributed by atoms with Gasteiger partial charge in [-0.2, -0.15) is 0 Å². The van der Waals surface area contributed by atoms with Crippen LogP contribution < -0.4 is 15.4 Å². The van der Waals surface area contributed by atoms with Gasteiger partial charge >= 0.3 is 0 Å². The predicted molar refractivity (Wildman–Crippen MR) is 118 cm³/mol. The van der Waals surface area contributed by atoms with Crippen molar-refractivity contribution in [2.45, 2.75) is 0 Å². The van der Waals surface area contributed by atoms with Crippen molar-refractivity contribution in [3.8, 4) is 5.75 Å². The van der Waals surface area contributed by atoms with Gasteiger partial charge < -0.3 is 19.8 Å². The van der Waals surface area contributed by atoms with E-state index in [1.165, 1.54) is 25.3 Å². The molecule has 0 atom stereocenters. The first-order valence-corrected chi connectivity index (χ1v) is 9.74. The normalized spacial score (nSPS) is 10.9. The van der Waals surface area contributed by atoms with Crippen molar-refractivity contribution in [2.75, 3.05) is 19.0 Å². The van der Waals surface area contributed by atoms with Gasteiger partial charge in [-0.15, -0.1) is 0 Å². The van der Waals surface area contributed by atoms with Crippen LogP contribution in [0.15, 0.2) is 59.0 Å². The Morgan fingerprint density at radius 1 is 0.967 bits per heavy atom. The number of hydrogen-bond donors (Lipinski definition) is 2. The van der Waals surface area contributed by atoms with E-state index in [1.54, 1.807) is 6.07 Å². The number of furan rings is 1. The molecule has 1 heterocycles. The molecule has 0 saturated heterocycles. The first-order chi connectivity index (χ1) is 14.5. The van der Waals surface area contributed by atoms with E-state index in [9.17, 15) is 9.59 Å². The molecule has 0 aliphatic heterocycles. The number of para-hydroxylation sites is 1. The molecular formula is C22H16Cl2N2O4. The number of nitrogens with one attached hydrogen (secondary N) is 2. The maximum Gasteiger partial charge on any atom is 0.251 e. The van der Waals surface area contributed by atoms with Crippen molar-refractivity contribution in [2.24, 2.45) is 0 Å². The highest BCUT2D eigenvalue weighted by Gasteiger charge is 2.15. The molecule has 1 aromatic heterocycles. The molecule has 0 aliphatic carbocycles. The summed E-state index contributed by atoms with van der Waals surface area (Å²) in [6.45, 7) is -0.236. The van der Waals surface area contributed by atoms with Gasteiger partial charge in [0.15, 0.2) is 0 Å². The van der Waals surface area contributed by atoms with E-state index in [0.29, 0.717) is 27.6 Å². The third-order valence-corrected chi connectivity index (χ3v) is 5.30. The fraction of sp³-hybridized carbons (Fsp3) is 0.0909. The Morgan fingerprint density at radius 2 is 1.77 bits per heavy atom. The molecule has 0 saturated carbocycles. The van der Waals surface area contributed by atoms with Gasteiger partial charge in [-0.3, -0.25) is 9.59 Å². The van der Waals surface area contributed by atoms with Crippen molar-refractivity contribution < 1.29 is 18.7 Å². The number of amides is 2. The first kappa shape index (κ1) is 20.1. The third kappa shape index (κ3) is 3.92. The minimum Gasteiger partial charge on any atom is -0.495 e. The standard InChI is InChI=1S/C22H16Cl2N2O4/c1-29-20-9-14-13-4-2-3-5-18(13)30-19(14)10-17(20)26-21(27)11-25-22(28)12-6-7-15(23)16(24)8-12/h2-10H,11H2,1H3,(H,25,28)(H,26,27). The Morgan fingerprint density at radius 3 is 2.53 bits per heavy atom. The molecular weight excluding hydrogens is 427 g/mol. The van der Waals surface area contributed by atoms with Crippen LogP contribution in [0.3, 0.4) is 0 Å². The molecule has 0 bridgehead atoms. The second-order valence-corrected chi connectivity index (χ2v) is 7.32. The summed E-state index contributed by atoms with van der Waals surface area (Å²) in [6.07, 6.45) is 0. The number of halogens is 2. The van der Waals surface area contributed by atoms with Crippen LogP contribution in [0.1, 0.15) is 10.4 Å². The average molecular weight is 443 g/mol. The Labute approximate surface area is 181 Å². The number of carbonyl (C=O) groups is 2. The quantitative estimate of drug-likeness (QED) is 0.441. The fourth-order valence-electron chi connectivity index (χ4n) is 3.11. The second-order valence-electron chi connectivity index (χ2n) is 6.51. The minimum atomic E-state index is -0.441. The fourth-order valence-corrected chi connectivity index (χ4v) is 3.41. The lowest BCUT2D eigenvalue weighted by atomic mass is 10.1. The lowest BCUT2D eigenvalue weighted by Gasteiger charge is -2.11. The maximum atomic E-state index is 12.4. The first-order valence-electron chi connectivity index (χ1n) is 8.98. The van der Waals surface area contributed by atoms with E-state index in [-0.39, 0.29) is 11.6 Å². The molecule has 0 unspecified atom stereocenters. The predicted octanol–water partition coefficient (Wildman–Crippen LogP) is 5.27. The van der Waals surface area contributed by atoms with Gasteiger partial charge in [0.1, 0.15) is 16.9 Å². The number of benzene rings is 3. The lowest BCUT2D eigenvalue weighted by Crippen LogP contribution is -2.32. The van der Waals surface area contributed by atoms with Gasteiger partial charge in [0.25, 0.3) is 5.91 Å². The van der Waals surface area contributed by atoms with Crippen molar-refractivity contribution in [1.82, 2.24) is 5.32 Å². The third-order valence-electron chi connectivity index (χ3n) is 4.56. The summed E-state index contributed by atoms with van der Waals surface area (Å²) in [6, 6.07) is 15.6. The smallest absolute Gasteiger partial charge is 0.251 e. The Balaban J connectivity index is 1.50. The largest absolute Gasteiger partial charge is 0.495 e. The van der Waals surface area contributed by atoms with Crippen molar-refractivity contribution in [3.05, 3.63) is 70.2 Å². The molecule has 0 fully saturated rings. The van der Waals surface area contributed by atoms with Crippen LogP contribution in [0, 0.1) is 0 Å². The van der Waals surface area contributed by atoms with Gasteiger partial charge in [0.05, 0.1) is 29.4 Å². The zero-order chi connectivity index (χ0) is 21.3. The van der Waals surface area contributed by atoms with E-state index in [0.717, 1.165) is 16.4 Å². The lowest BCUT2D eigenvalue weighted by molar-refractivity contribution is -0.115. The second kappa shape index (κ2) is 8.26. The van der Waals surface area contributed by atoms with Crippen molar-refractivity contribution in [1.29, 1.82) is 0 Å². The Kier molecular flexibility index (Phi) is 5.53. The summed E-state index contributed by atoms with van der Waals surface area (Å²) in [5.74, 6) is -0.376. The molecule has 3 aromatic carbocycles. The number of hydrogen-bond acceptors (Lipinski definition) is 4. The van der Waals surface area contributed by atoms with Gasteiger partial charge in [-0.25, -0.2) is 0 Å². The summed E-state index contributed by atoms with van der Waals surface area (Å²) >= 11 is 11.8. The molecule has 6 nitrogen and oxygen atoms in total. The molecule has 4 rings (SSSR count). The molecule has 30 heavy (non-hydrogen) atoms. The van der Waals surface area contributed by atoms with Gasteiger partial charge in [-0.1, -0.05) is 41.4 Å². The van der Waals surface area contributed by atoms with Crippen LogP contribution in [0.25, 0.3) is 21.9 Å². The Hall–Kier alpha value is -3.22. The van der Waals surface area contributed by atoms with E-state index in [2.05, 4.69) is 10.6 Å². The summed E-state index contributed by atoms with van der Waals surface area (Å²) in [5, 5.41) is 7.73. The van der Waals surface area contributed by atoms with Gasteiger partial charge in [-0.05, 0) is 30.3 Å². The van der Waals surface area contributed by atoms with E-state index in [4.69, 9.17) is 32.4 Å². The van der Waals surface area contributed by atoms with Crippen LogP contribution in [-0.2, 0) is 4.79 Å². The van der Waals surface area contributed by atoms with Crippen molar-refractivity contribution >= 4 is 62.6 Å². The highest BCUT2D eigenvalue weighted by atomic mass is 35.5. The van der Waals surface area contributed by atoms with Crippen LogP contribution in [0.4, 0.5) is 5.69 Å². The Bertz CT molecular complexity index is 1280. The van der Waals surface area contributed by atoms with Gasteiger partial charge in [0.2, 0.25) is 5.91 Å². The zero-order valence-electron chi connectivity index (χ0n) is 15.8. The number of anilines is 1. The number of ether oxygens (including phenoxy) is 1. The maximum absolute atomic E-state index is 12.4. The minimum absolute atomic E-state index is 0.236. The van der Waals surface area contributed by atoms with Crippen LogP contribution >= 0.6 is 23.2 Å². The molecule has 8 heteroatoms. The number of carbonyl (C=O) groups excluding carboxylic acids is 2. The topological polar surface area (TPSA) is 80.6 Å². The summed E-state index contributed by atoms with van der Waals surface area (Å²) in [5.41, 5.74) is 2.11. The molecule has 0 spiro atoms. The number of rotatable bonds is 5. The van der Waals surface area contributed by atoms with Crippen LogP contribution in [0.2, 0.25) is 10.0 Å². The van der Waals surface area contributed by atoms with Crippen molar-refractivity contribution in [3.63, 3.8) is 0 Å². The average Bonchev–Trinajstić information content (AvgIpc) is 3.10. The zero-order valence-corrected chi connectivity index (χ0v) is 17.3. The molecule has 2 N–H and O–H groups in total. The molecule has 4 aromatic rings. The summed E-state index contributed by atoms with van der Waals surface area (Å²) in [4.78, 5) is 24.6. The highest BCUT2D eigenvalue weighted by Crippen LogP contribution is 2.36. The van der Waals surface area contributed by atoms with Crippen LogP contribution in [-0.4, -0.2) is 25.5 Å². The molecule has 0 radical (unpaired) electrons. The van der Waals surface area contributed by atoms with Gasteiger partial charge in [0, 0.05) is 22.4 Å². The number of methoxy groups -OCH3 is 1. The van der Waals surface area contributed by atoms with Crippen LogP contribution in [0.5, 0.6) is 5.75 Å². The SMILES string of the molecule is COc1cc2c(cc1NC(=O)CNC(=O)c1ccc(Cl)c(Cl)c1)oc1ccccc12. The number of fused-ring (bicyclic) bond motifs is 3. The van der Waals surface area contributed by atoms with E-state index >= 15 is 0 Å². The monoisotopic (exact) mass is 442 g/mol. The molecule has 2 amide bonds. The highest BCUT2D eigenvalue weighted by molar-refractivity contribution is 6.42. The van der Waals surface area contributed by atoms with E-state index < -0.39 is 11.8 Å². The summed E-state index contributed by atoms with van der Waals surface area (Å²) < 4.78 is 11.3. The van der Waals surface area contributed by atoms with E-state index in [1.807, 2.05) is 30.3 Å².